The van der Waals surface area contributed by atoms with Gasteiger partial charge in [-0.15, -0.1) is 0 Å². The first kappa shape index (κ1) is 21.1. The van der Waals surface area contributed by atoms with Crippen LogP contribution in [0.3, 0.4) is 0 Å². The van der Waals surface area contributed by atoms with Crippen molar-refractivity contribution in [2.45, 2.75) is 39.8 Å². The molecule has 7 heteroatoms. The lowest BCUT2D eigenvalue weighted by Gasteiger charge is -2.16. The second kappa shape index (κ2) is 9.31. The van der Waals surface area contributed by atoms with Crippen LogP contribution in [0, 0.1) is 0 Å². The monoisotopic (exact) mass is 420 g/mol. The van der Waals surface area contributed by atoms with E-state index in [-0.39, 0.29) is 5.56 Å². The van der Waals surface area contributed by atoms with Crippen LogP contribution in [-0.4, -0.2) is 35.5 Å². The molecule has 0 spiro atoms. The van der Waals surface area contributed by atoms with Crippen molar-refractivity contribution in [3.05, 3.63) is 63.9 Å². The Morgan fingerprint density at radius 3 is 2.74 bits per heavy atom. The van der Waals surface area contributed by atoms with Gasteiger partial charge >= 0.3 is 0 Å². The topological polar surface area (TPSA) is 72.9 Å². The SMILES string of the molecule is CCn1c(N/N=C(/C)c2ccc(OC)c(C[NH+]3CCCC3)c2)nc2ccccc2c1=O. The maximum atomic E-state index is 12.8. The fourth-order valence-corrected chi connectivity index (χ4v) is 4.21. The maximum absolute atomic E-state index is 12.8. The minimum absolute atomic E-state index is 0.0659. The Labute approximate surface area is 182 Å². The number of hydrogen-bond donors (Lipinski definition) is 2. The van der Waals surface area contributed by atoms with Crippen LogP contribution in [0.2, 0.25) is 0 Å². The molecule has 0 bridgehead atoms. The minimum atomic E-state index is -0.0659. The molecule has 3 aromatic rings. The number of methoxy groups -OCH3 is 1. The molecule has 1 saturated heterocycles. The fraction of sp³-hybridized carbons (Fsp3) is 0.375. The molecule has 31 heavy (non-hydrogen) atoms. The predicted molar refractivity (Wildman–Crippen MR) is 124 cm³/mol. The Morgan fingerprint density at radius 2 is 2.00 bits per heavy atom. The number of nitrogens with one attached hydrogen (secondary N) is 2. The fourth-order valence-electron chi connectivity index (χ4n) is 4.21. The normalized spacial score (nSPS) is 14.9. The lowest BCUT2D eigenvalue weighted by atomic mass is 10.1. The number of hydrogen-bond acceptors (Lipinski definition) is 5. The Balaban J connectivity index is 1.62. The molecule has 1 aliphatic heterocycles. The summed E-state index contributed by atoms with van der Waals surface area (Å²) in [5.41, 5.74) is 6.66. The molecular formula is C24H30N5O2+. The van der Waals surface area contributed by atoms with E-state index in [0.717, 1.165) is 23.6 Å². The van der Waals surface area contributed by atoms with Gasteiger partial charge in [0.1, 0.15) is 12.3 Å². The van der Waals surface area contributed by atoms with E-state index in [9.17, 15) is 4.79 Å². The Kier molecular flexibility index (Phi) is 6.32. The van der Waals surface area contributed by atoms with Gasteiger partial charge in [0.25, 0.3) is 5.56 Å². The highest BCUT2D eigenvalue weighted by Crippen LogP contribution is 2.20. The van der Waals surface area contributed by atoms with E-state index in [1.807, 2.05) is 44.2 Å². The largest absolute Gasteiger partial charge is 0.496 e. The molecule has 7 nitrogen and oxygen atoms in total. The third-order valence-electron chi connectivity index (χ3n) is 5.95. The van der Waals surface area contributed by atoms with Gasteiger partial charge in [-0.3, -0.25) is 9.36 Å². The smallest absolute Gasteiger partial charge is 0.262 e. The third-order valence-corrected chi connectivity index (χ3v) is 5.95. The average molecular weight is 421 g/mol. The zero-order valence-electron chi connectivity index (χ0n) is 18.4. The van der Waals surface area contributed by atoms with Gasteiger partial charge in [0.15, 0.2) is 0 Å². The van der Waals surface area contributed by atoms with Gasteiger partial charge in [-0.25, -0.2) is 10.4 Å². The Morgan fingerprint density at radius 1 is 1.23 bits per heavy atom. The second-order valence-electron chi connectivity index (χ2n) is 7.97. The molecule has 2 N–H and O–H groups in total. The number of ether oxygens (including phenoxy) is 1. The van der Waals surface area contributed by atoms with Crippen molar-refractivity contribution in [2.75, 3.05) is 25.6 Å². The quantitative estimate of drug-likeness (QED) is 0.455. The van der Waals surface area contributed by atoms with Crippen molar-refractivity contribution in [3.8, 4) is 5.75 Å². The van der Waals surface area contributed by atoms with Gasteiger partial charge in [-0.1, -0.05) is 12.1 Å². The molecule has 1 aromatic heterocycles. The lowest BCUT2D eigenvalue weighted by Crippen LogP contribution is -3.08. The molecule has 0 atom stereocenters. The zero-order valence-corrected chi connectivity index (χ0v) is 18.4. The van der Waals surface area contributed by atoms with E-state index in [1.165, 1.54) is 31.5 Å². The van der Waals surface area contributed by atoms with E-state index in [1.54, 1.807) is 22.6 Å². The van der Waals surface area contributed by atoms with Crippen molar-refractivity contribution < 1.29 is 9.64 Å². The van der Waals surface area contributed by atoms with Crippen LogP contribution in [0.4, 0.5) is 5.95 Å². The maximum Gasteiger partial charge on any atom is 0.262 e. The van der Waals surface area contributed by atoms with Crippen molar-refractivity contribution in [2.24, 2.45) is 5.10 Å². The number of quaternary nitrogens is 1. The highest BCUT2D eigenvalue weighted by molar-refractivity contribution is 5.99. The first-order valence-electron chi connectivity index (χ1n) is 10.9. The summed E-state index contributed by atoms with van der Waals surface area (Å²) >= 11 is 0. The summed E-state index contributed by atoms with van der Waals surface area (Å²) in [4.78, 5) is 19.0. The van der Waals surface area contributed by atoms with Gasteiger partial charge in [0.2, 0.25) is 5.95 Å². The van der Waals surface area contributed by atoms with Gasteiger partial charge in [0, 0.05) is 24.9 Å². The van der Waals surface area contributed by atoms with E-state index < -0.39 is 0 Å². The number of aromatic nitrogens is 2. The summed E-state index contributed by atoms with van der Waals surface area (Å²) in [7, 11) is 1.72. The number of hydrazone groups is 1. The Hall–Kier alpha value is -3.19. The van der Waals surface area contributed by atoms with Crippen LogP contribution in [0.15, 0.2) is 52.4 Å². The van der Waals surface area contributed by atoms with Crippen LogP contribution < -0.4 is 20.6 Å². The van der Waals surface area contributed by atoms with E-state index in [0.29, 0.717) is 23.4 Å². The standard InChI is InChI=1S/C24H29N5O2/c1-4-29-23(30)20-9-5-6-10-21(20)25-24(29)27-26-17(2)18-11-12-22(31-3)19(15-18)16-28-13-7-8-14-28/h5-6,9-12,15H,4,7-8,13-14,16H2,1-3H3,(H,25,27)/p+1/b26-17-. The first-order chi connectivity index (χ1) is 15.1. The van der Waals surface area contributed by atoms with Crippen LogP contribution in [0.5, 0.6) is 5.75 Å². The Bertz CT molecular complexity index is 1160. The molecule has 1 aliphatic rings. The predicted octanol–water partition coefficient (Wildman–Crippen LogP) is 2.44. The molecule has 4 rings (SSSR count). The van der Waals surface area contributed by atoms with Gasteiger partial charge in [-0.2, -0.15) is 5.10 Å². The summed E-state index contributed by atoms with van der Waals surface area (Å²) in [6.45, 7) is 7.78. The number of likely N-dealkylation sites (tertiary alicyclic amines) is 1. The van der Waals surface area contributed by atoms with Crippen LogP contribution in [0.25, 0.3) is 10.9 Å². The van der Waals surface area contributed by atoms with E-state index >= 15 is 0 Å². The third kappa shape index (κ3) is 4.46. The molecule has 0 amide bonds. The average Bonchev–Trinajstić information content (AvgIpc) is 3.30. The number of fused-ring (bicyclic) bond motifs is 1. The van der Waals surface area contributed by atoms with Crippen molar-refractivity contribution in [1.82, 2.24) is 9.55 Å². The number of anilines is 1. The number of para-hydroxylation sites is 1. The molecule has 0 aliphatic carbocycles. The highest BCUT2D eigenvalue weighted by atomic mass is 16.5. The molecular weight excluding hydrogens is 390 g/mol. The minimum Gasteiger partial charge on any atom is -0.496 e. The van der Waals surface area contributed by atoms with E-state index in [4.69, 9.17) is 4.74 Å². The van der Waals surface area contributed by atoms with Crippen molar-refractivity contribution in [1.29, 1.82) is 0 Å². The summed E-state index contributed by atoms with van der Waals surface area (Å²) in [5.74, 6) is 1.36. The summed E-state index contributed by atoms with van der Waals surface area (Å²) in [6, 6.07) is 13.6. The van der Waals surface area contributed by atoms with Crippen LogP contribution in [0.1, 0.15) is 37.8 Å². The summed E-state index contributed by atoms with van der Waals surface area (Å²) in [6.07, 6.45) is 2.58. The highest BCUT2D eigenvalue weighted by Gasteiger charge is 2.18. The van der Waals surface area contributed by atoms with Crippen LogP contribution >= 0.6 is 0 Å². The molecule has 0 radical (unpaired) electrons. The lowest BCUT2D eigenvalue weighted by molar-refractivity contribution is -0.901. The molecule has 1 fully saturated rings. The summed E-state index contributed by atoms with van der Waals surface area (Å²) in [5, 5.41) is 5.16. The van der Waals surface area contributed by atoms with Crippen molar-refractivity contribution in [3.63, 3.8) is 0 Å². The van der Waals surface area contributed by atoms with Gasteiger partial charge < -0.3 is 9.64 Å². The molecule has 2 aromatic carbocycles. The number of nitrogens with zero attached hydrogens (tertiary/aromatic N) is 3. The summed E-state index contributed by atoms with van der Waals surface area (Å²) < 4.78 is 7.19. The molecule has 0 unspecified atom stereocenters. The van der Waals surface area contributed by atoms with Gasteiger partial charge in [-0.05, 0) is 49.7 Å². The van der Waals surface area contributed by atoms with Crippen molar-refractivity contribution >= 4 is 22.6 Å². The molecule has 0 saturated carbocycles. The number of rotatable bonds is 7. The molecule has 2 heterocycles. The second-order valence-corrected chi connectivity index (χ2v) is 7.97. The van der Waals surface area contributed by atoms with Gasteiger partial charge in [0.05, 0.1) is 36.8 Å². The van der Waals surface area contributed by atoms with E-state index in [2.05, 4.69) is 21.6 Å². The zero-order chi connectivity index (χ0) is 21.8. The number of benzene rings is 2. The first-order valence-corrected chi connectivity index (χ1v) is 10.9. The van der Waals surface area contributed by atoms with Crippen LogP contribution in [-0.2, 0) is 13.1 Å². The molecule has 162 valence electrons.